The summed E-state index contributed by atoms with van der Waals surface area (Å²) in [7, 11) is 0. The van der Waals surface area contributed by atoms with Crippen LogP contribution in [-0.2, 0) is 32.2 Å². The molecule has 31 heavy (non-hydrogen) atoms. The van der Waals surface area contributed by atoms with Crippen molar-refractivity contribution in [3.63, 3.8) is 0 Å². The summed E-state index contributed by atoms with van der Waals surface area (Å²) in [6, 6.07) is 8.50. The molecule has 0 unspecified atom stereocenters. The van der Waals surface area contributed by atoms with E-state index in [0.717, 1.165) is 67.0 Å². The fourth-order valence-corrected chi connectivity index (χ4v) is 5.00. The van der Waals surface area contributed by atoms with Crippen LogP contribution in [0.3, 0.4) is 0 Å². The normalized spacial score (nSPS) is 18.2. The molecule has 2 aromatic heterocycles. The molecule has 1 fully saturated rings. The fourth-order valence-electron chi connectivity index (χ4n) is 5.00. The third-order valence-corrected chi connectivity index (χ3v) is 6.96. The van der Waals surface area contributed by atoms with Gasteiger partial charge in [-0.15, -0.1) is 0 Å². The Balaban J connectivity index is 1.39. The van der Waals surface area contributed by atoms with Crippen LogP contribution in [0, 0.1) is 0 Å². The first-order chi connectivity index (χ1) is 15.0. The van der Waals surface area contributed by atoms with Crippen molar-refractivity contribution in [2.24, 2.45) is 5.73 Å². The fraction of sp³-hybridized carbons (Fsp3) is 0.375. The lowest BCUT2D eigenvalue weighted by Gasteiger charge is -2.29. The van der Waals surface area contributed by atoms with E-state index in [2.05, 4.69) is 39.1 Å². The number of carbonyl (C=O) groups is 1. The van der Waals surface area contributed by atoms with Crippen molar-refractivity contribution in [2.45, 2.75) is 50.6 Å². The van der Waals surface area contributed by atoms with Crippen LogP contribution < -0.4 is 10.6 Å². The second-order valence-electron chi connectivity index (χ2n) is 9.16. The molecule has 0 amide bonds. The summed E-state index contributed by atoms with van der Waals surface area (Å²) in [5.41, 5.74) is 13.5. The second kappa shape index (κ2) is 6.65. The number of carboxylic acids is 1. The molecule has 3 aromatic rings. The number of H-pyrrole nitrogens is 1. The van der Waals surface area contributed by atoms with E-state index in [0.29, 0.717) is 24.4 Å². The van der Waals surface area contributed by atoms with Gasteiger partial charge >= 0.3 is 5.97 Å². The first-order valence-corrected chi connectivity index (χ1v) is 10.9. The van der Waals surface area contributed by atoms with E-state index in [1.54, 1.807) is 0 Å². The van der Waals surface area contributed by atoms with Gasteiger partial charge in [0.2, 0.25) is 5.95 Å². The average molecular weight is 415 g/mol. The first kappa shape index (κ1) is 18.6. The lowest BCUT2D eigenvalue weighted by Crippen LogP contribution is -2.32. The zero-order chi connectivity index (χ0) is 21.2. The van der Waals surface area contributed by atoms with Gasteiger partial charge in [-0.1, -0.05) is 24.3 Å². The molecule has 0 radical (unpaired) electrons. The highest BCUT2D eigenvalue weighted by Crippen LogP contribution is 2.40. The maximum Gasteiger partial charge on any atom is 0.337 e. The Labute approximate surface area is 180 Å². The van der Waals surface area contributed by atoms with E-state index in [4.69, 9.17) is 10.7 Å². The molecule has 1 saturated carbocycles. The molecule has 0 saturated heterocycles. The van der Waals surface area contributed by atoms with E-state index in [-0.39, 0.29) is 5.54 Å². The number of nitrogens with zero attached hydrogens (tertiary/aromatic N) is 3. The standard InChI is InChI=1S/C24H25N5O2/c25-24(8-9-24)11-18-19(22(30)31)17-6-5-15-12-26-23(28-20(15)21(17)27-18)29-10-7-14-3-1-2-4-16(14)13-29/h1-4,12,27H,5-11,13,25H2,(H,30,31). The van der Waals surface area contributed by atoms with Gasteiger partial charge < -0.3 is 20.7 Å². The highest BCUT2D eigenvalue weighted by atomic mass is 16.4. The summed E-state index contributed by atoms with van der Waals surface area (Å²) in [4.78, 5) is 27.3. The van der Waals surface area contributed by atoms with Crippen molar-refractivity contribution < 1.29 is 9.90 Å². The Morgan fingerprint density at radius 3 is 2.74 bits per heavy atom. The molecule has 158 valence electrons. The highest BCUT2D eigenvalue weighted by molar-refractivity contribution is 5.94. The molecule has 4 N–H and O–H groups in total. The lowest BCUT2D eigenvalue weighted by molar-refractivity contribution is 0.0694. The zero-order valence-electron chi connectivity index (χ0n) is 17.3. The molecule has 3 heterocycles. The molecule has 3 aliphatic rings. The minimum Gasteiger partial charge on any atom is -0.478 e. The maximum absolute atomic E-state index is 12.1. The van der Waals surface area contributed by atoms with Crippen LogP contribution in [0.5, 0.6) is 0 Å². The second-order valence-corrected chi connectivity index (χ2v) is 9.16. The molecule has 0 atom stereocenters. The average Bonchev–Trinajstić information content (AvgIpc) is 3.38. The van der Waals surface area contributed by atoms with Crippen LogP contribution in [0.1, 0.15) is 51.1 Å². The smallest absolute Gasteiger partial charge is 0.337 e. The summed E-state index contributed by atoms with van der Waals surface area (Å²) in [6.07, 6.45) is 6.75. The quantitative estimate of drug-likeness (QED) is 0.605. The highest BCUT2D eigenvalue weighted by Gasteiger charge is 2.41. The van der Waals surface area contributed by atoms with Gasteiger partial charge in [0.25, 0.3) is 0 Å². The Bertz CT molecular complexity index is 1210. The molecule has 0 spiro atoms. The molecule has 7 heteroatoms. The van der Waals surface area contributed by atoms with E-state index in [9.17, 15) is 9.90 Å². The van der Waals surface area contributed by atoms with Crippen molar-refractivity contribution in [3.05, 3.63) is 64.0 Å². The minimum atomic E-state index is -0.887. The van der Waals surface area contributed by atoms with Gasteiger partial charge in [0.15, 0.2) is 0 Å². The number of anilines is 1. The summed E-state index contributed by atoms with van der Waals surface area (Å²) in [5, 5.41) is 9.93. The lowest BCUT2D eigenvalue weighted by atomic mass is 9.91. The van der Waals surface area contributed by atoms with Crippen molar-refractivity contribution in [1.82, 2.24) is 15.0 Å². The predicted molar refractivity (Wildman–Crippen MR) is 117 cm³/mol. The molecule has 7 nitrogen and oxygen atoms in total. The Morgan fingerprint density at radius 1 is 1.16 bits per heavy atom. The molecule has 1 aliphatic heterocycles. The predicted octanol–water partition coefficient (Wildman–Crippen LogP) is 2.87. The maximum atomic E-state index is 12.1. The Kier molecular flexibility index (Phi) is 3.99. The van der Waals surface area contributed by atoms with E-state index >= 15 is 0 Å². The van der Waals surface area contributed by atoms with Gasteiger partial charge in [0.1, 0.15) is 0 Å². The van der Waals surface area contributed by atoms with E-state index < -0.39 is 5.97 Å². The molecule has 0 bridgehead atoms. The van der Waals surface area contributed by atoms with Gasteiger partial charge in [-0.25, -0.2) is 14.8 Å². The number of nitrogens with one attached hydrogen (secondary N) is 1. The number of nitrogens with two attached hydrogens (primary N) is 1. The molecular weight excluding hydrogens is 390 g/mol. The number of aromatic amines is 1. The van der Waals surface area contributed by atoms with Crippen LogP contribution >= 0.6 is 0 Å². The Morgan fingerprint density at radius 2 is 1.97 bits per heavy atom. The van der Waals surface area contributed by atoms with Gasteiger partial charge in [0.05, 0.1) is 17.0 Å². The minimum absolute atomic E-state index is 0.265. The van der Waals surface area contributed by atoms with Crippen molar-refractivity contribution >= 4 is 11.9 Å². The third-order valence-electron chi connectivity index (χ3n) is 6.96. The number of rotatable bonds is 4. The third kappa shape index (κ3) is 3.11. The number of fused-ring (bicyclic) bond motifs is 4. The van der Waals surface area contributed by atoms with Crippen LogP contribution in [0.25, 0.3) is 11.4 Å². The van der Waals surface area contributed by atoms with Gasteiger partial charge in [0, 0.05) is 36.9 Å². The molecular formula is C24H25N5O2. The Hall–Kier alpha value is -3.19. The van der Waals surface area contributed by atoms with Crippen LogP contribution in [-0.4, -0.2) is 38.1 Å². The van der Waals surface area contributed by atoms with Crippen molar-refractivity contribution in [3.8, 4) is 11.4 Å². The van der Waals surface area contributed by atoms with E-state index in [1.165, 1.54) is 11.1 Å². The first-order valence-electron chi connectivity index (χ1n) is 10.9. The van der Waals surface area contributed by atoms with Gasteiger partial charge in [-0.3, -0.25) is 0 Å². The number of hydrogen-bond acceptors (Lipinski definition) is 5. The SMILES string of the molecule is NC1(Cc2[nH]c3c(c2C(=O)O)CCc2cnc(N4CCc5ccccc5C4)nc2-3)CC1. The topological polar surface area (TPSA) is 108 Å². The van der Waals surface area contributed by atoms with Crippen molar-refractivity contribution in [2.75, 3.05) is 11.4 Å². The summed E-state index contributed by atoms with van der Waals surface area (Å²) in [6.45, 7) is 1.66. The molecule has 6 rings (SSSR count). The largest absolute Gasteiger partial charge is 0.478 e. The number of aryl methyl sites for hydroxylation is 1. The summed E-state index contributed by atoms with van der Waals surface area (Å²) in [5.74, 6) is -0.186. The molecule has 2 aliphatic carbocycles. The number of hydrogen-bond donors (Lipinski definition) is 3. The van der Waals surface area contributed by atoms with Crippen LogP contribution in [0.4, 0.5) is 5.95 Å². The number of aromatic nitrogens is 3. The number of carboxylic acid groups (broad SMARTS) is 1. The zero-order valence-corrected chi connectivity index (χ0v) is 17.3. The number of aromatic carboxylic acids is 1. The molecule has 1 aromatic carbocycles. The summed E-state index contributed by atoms with van der Waals surface area (Å²) >= 11 is 0. The monoisotopic (exact) mass is 415 g/mol. The van der Waals surface area contributed by atoms with Crippen LogP contribution in [0.2, 0.25) is 0 Å². The van der Waals surface area contributed by atoms with Crippen molar-refractivity contribution in [1.29, 1.82) is 0 Å². The van der Waals surface area contributed by atoms with Gasteiger partial charge in [-0.05, 0) is 54.4 Å². The summed E-state index contributed by atoms with van der Waals surface area (Å²) < 4.78 is 0. The van der Waals surface area contributed by atoms with Gasteiger partial charge in [-0.2, -0.15) is 0 Å². The van der Waals surface area contributed by atoms with E-state index in [1.807, 2.05) is 6.20 Å². The number of benzene rings is 1. The van der Waals surface area contributed by atoms with Crippen LogP contribution in [0.15, 0.2) is 30.5 Å².